The van der Waals surface area contributed by atoms with Gasteiger partial charge in [-0.15, -0.1) is 11.8 Å². The normalized spacial score (nSPS) is 18.3. The fourth-order valence-electron chi connectivity index (χ4n) is 2.10. The second kappa shape index (κ2) is 5.76. The Morgan fingerprint density at radius 2 is 2.00 bits per heavy atom. The molecule has 1 aromatic rings. The van der Waals surface area contributed by atoms with E-state index in [1.807, 2.05) is 13.2 Å². The van der Waals surface area contributed by atoms with Crippen LogP contribution < -0.4 is 5.32 Å². The number of carboxylic acid groups (broad SMARTS) is 1. The number of hydrogen-bond donors (Lipinski definition) is 2. The maximum Gasteiger partial charge on any atom is 0.320 e. The minimum absolute atomic E-state index is 0.0719. The molecule has 2 rings (SSSR count). The Balaban J connectivity index is 2.00. The Kier molecular flexibility index (Phi) is 4.30. The number of hydrogen-bond acceptors (Lipinski definition) is 3. The molecule has 98 valence electrons. The molecule has 2 N–H and O–H groups in total. The van der Waals surface area contributed by atoms with Crippen LogP contribution in [-0.4, -0.2) is 23.4 Å². The Hall–Kier alpha value is -1.00. The van der Waals surface area contributed by atoms with Crippen molar-refractivity contribution in [2.75, 3.05) is 6.26 Å². The van der Waals surface area contributed by atoms with Crippen LogP contribution in [0.5, 0.6) is 0 Å². The van der Waals surface area contributed by atoms with E-state index < -0.39 is 12.0 Å². The van der Waals surface area contributed by atoms with Gasteiger partial charge in [-0.2, -0.15) is 0 Å². The van der Waals surface area contributed by atoms with Crippen molar-refractivity contribution in [3.05, 3.63) is 29.8 Å². The first-order valence-electron chi connectivity index (χ1n) is 6.24. The van der Waals surface area contributed by atoms with Gasteiger partial charge >= 0.3 is 5.97 Å². The maximum atomic E-state index is 11.2. The molecule has 0 radical (unpaired) electrons. The van der Waals surface area contributed by atoms with E-state index in [2.05, 4.69) is 29.6 Å². The van der Waals surface area contributed by atoms with Crippen molar-refractivity contribution in [3.63, 3.8) is 0 Å². The summed E-state index contributed by atoms with van der Waals surface area (Å²) in [4.78, 5) is 12.4. The minimum atomic E-state index is -0.731. The van der Waals surface area contributed by atoms with Gasteiger partial charge in [0.05, 0.1) is 0 Å². The molecule has 0 aliphatic heterocycles. The molecule has 1 fully saturated rings. The Labute approximate surface area is 112 Å². The van der Waals surface area contributed by atoms with Crippen LogP contribution in [0.1, 0.15) is 31.4 Å². The van der Waals surface area contributed by atoms with Crippen molar-refractivity contribution in [3.8, 4) is 0 Å². The smallest absolute Gasteiger partial charge is 0.320 e. The van der Waals surface area contributed by atoms with Crippen molar-refractivity contribution >= 4 is 17.7 Å². The molecule has 0 bridgehead atoms. The zero-order valence-corrected chi connectivity index (χ0v) is 11.5. The number of nitrogens with one attached hydrogen (secondary N) is 1. The molecule has 2 atom stereocenters. The highest BCUT2D eigenvalue weighted by Crippen LogP contribution is 2.34. The largest absolute Gasteiger partial charge is 0.480 e. The first kappa shape index (κ1) is 13.4. The summed E-state index contributed by atoms with van der Waals surface area (Å²) in [5, 5.41) is 12.4. The Bertz CT molecular complexity index is 414. The molecule has 4 heteroatoms. The van der Waals surface area contributed by atoms with E-state index in [4.69, 9.17) is 0 Å². The molecule has 18 heavy (non-hydrogen) atoms. The summed E-state index contributed by atoms with van der Waals surface area (Å²) in [6, 6.07) is 7.95. The second-order valence-corrected chi connectivity index (χ2v) is 5.69. The molecule has 1 aromatic carbocycles. The highest BCUT2D eigenvalue weighted by atomic mass is 32.2. The highest BCUT2D eigenvalue weighted by molar-refractivity contribution is 7.98. The van der Waals surface area contributed by atoms with Gasteiger partial charge in [0.25, 0.3) is 0 Å². The van der Waals surface area contributed by atoms with Gasteiger partial charge < -0.3 is 5.11 Å². The molecule has 3 nitrogen and oxygen atoms in total. The summed E-state index contributed by atoms with van der Waals surface area (Å²) in [6.07, 6.45) is 4.11. The van der Waals surface area contributed by atoms with Crippen LogP contribution in [0.2, 0.25) is 0 Å². The Morgan fingerprint density at radius 3 is 2.44 bits per heavy atom. The number of carbonyl (C=O) groups is 1. The lowest BCUT2D eigenvalue weighted by atomic mass is 10.1. The third kappa shape index (κ3) is 3.27. The van der Waals surface area contributed by atoms with E-state index >= 15 is 0 Å². The van der Waals surface area contributed by atoms with Crippen LogP contribution in [0.3, 0.4) is 0 Å². The molecule has 0 spiro atoms. The topological polar surface area (TPSA) is 49.3 Å². The molecule has 0 saturated heterocycles. The second-order valence-electron chi connectivity index (χ2n) is 4.81. The number of carboxylic acids is 1. The van der Waals surface area contributed by atoms with Crippen molar-refractivity contribution in [2.45, 2.75) is 36.7 Å². The summed E-state index contributed by atoms with van der Waals surface area (Å²) in [5.41, 5.74) is 1.14. The van der Waals surface area contributed by atoms with Crippen LogP contribution >= 0.6 is 11.8 Å². The van der Waals surface area contributed by atoms with E-state index in [1.54, 1.807) is 11.8 Å². The standard InChI is InChI=1S/C14H19NO2S/c1-9(10-5-7-12(18-2)8-6-10)15-13(14(16)17)11-3-4-11/h5-9,11,13,15H,3-4H2,1-2H3,(H,16,17). The van der Waals surface area contributed by atoms with Crippen LogP contribution in [-0.2, 0) is 4.79 Å². The maximum absolute atomic E-state index is 11.2. The van der Waals surface area contributed by atoms with E-state index in [-0.39, 0.29) is 6.04 Å². The molecular weight excluding hydrogens is 246 g/mol. The van der Waals surface area contributed by atoms with E-state index in [1.165, 1.54) is 4.90 Å². The molecule has 0 amide bonds. The fourth-order valence-corrected chi connectivity index (χ4v) is 2.50. The van der Waals surface area contributed by atoms with E-state index in [9.17, 15) is 9.90 Å². The first-order chi connectivity index (χ1) is 8.61. The van der Waals surface area contributed by atoms with Gasteiger partial charge in [-0.05, 0) is 49.6 Å². The Morgan fingerprint density at radius 1 is 1.39 bits per heavy atom. The third-order valence-corrected chi connectivity index (χ3v) is 4.15. The lowest BCUT2D eigenvalue weighted by Gasteiger charge is -2.20. The van der Waals surface area contributed by atoms with E-state index in [0.29, 0.717) is 5.92 Å². The highest BCUT2D eigenvalue weighted by Gasteiger charge is 2.36. The molecule has 2 unspecified atom stereocenters. The quantitative estimate of drug-likeness (QED) is 0.776. The average Bonchev–Trinajstić information content (AvgIpc) is 3.19. The predicted octanol–water partition coefficient (Wildman–Crippen LogP) is 2.92. The van der Waals surface area contributed by atoms with Gasteiger partial charge in [0, 0.05) is 10.9 Å². The number of rotatable bonds is 6. The van der Waals surface area contributed by atoms with Crippen molar-refractivity contribution in [2.24, 2.45) is 5.92 Å². The third-order valence-electron chi connectivity index (χ3n) is 3.40. The SMILES string of the molecule is CSc1ccc(C(C)NC(C(=O)O)C2CC2)cc1. The zero-order valence-electron chi connectivity index (χ0n) is 10.7. The number of benzene rings is 1. The van der Waals surface area contributed by atoms with Gasteiger partial charge in [-0.3, -0.25) is 10.1 Å². The molecule has 1 aliphatic carbocycles. The monoisotopic (exact) mass is 265 g/mol. The predicted molar refractivity (Wildman–Crippen MR) is 73.9 cm³/mol. The van der Waals surface area contributed by atoms with E-state index in [0.717, 1.165) is 18.4 Å². The van der Waals surface area contributed by atoms with Crippen molar-refractivity contribution < 1.29 is 9.90 Å². The van der Waals surface area contributed by atoms with Gasteiger partial charge in [-0.25, -0.2) is 0 Å². The van der Waals surface area contributed by atoms with Crippen LogP contribution in [0.15, 0.2) is 29.2 Å². The molecule has 0 aromatic heterocycles. The minimum Gasteiger partial charge on any atom is -0.480 e. The lowest BCUT2D eigenvalue weighted by molar-refractivity contribution is -0.140. The van der Waals surface area contributed by atoms with Crippen LogP contribution in [0, 0.1) is 5.92 Å². The molecule has 0 heterocycles. The zero-order chi connectivity index (χ0) is 13.1. The van der Waals surface area contributed by atoms with Crippen LogP contribution in [0.4, 0.5) is 0 Å². The van der Waals surface area contributed by atoms with Gasteiger partial charge in [0.15, 0.2) is 0 Å². The van der Waals surface area contributed by atoms with Crippen molar-refractivity contribution in [1.82, 2.24) is 5.32 Å². The first-order valence-corrected chi connectivity index (χ1v) is 7.47. The van der Waals surface area contributed by atoms with Gasteiger partial charge in [0.1, 0.15) is 6.04 Å². The van der Waals surface area contributed by atoms with Crippen molar-refractivity contribution in [1.29, 1.82) is 0 Å². The molecular formula is C14H19NO2S. The lowest BCUT2D eigenvalue weighted by Crippen LogP contribution is -2.39. The summed E-state index contributed by atoms with van der Waals surface area (Å²) >= 11 is 1.71. The fraction of sp³-hybridized carbons (Fsp3) is 0.500. The summed E-state index contributed by atoms with van der Waals surface area (Å²) in [7, 11) is 0. The molecule has 1 saturated carbocycles. The van der Waals surface area contributed by atoms with Gasteiger partial charge in [-0.1, -0.05) is 12.1 Å². The average molecular weight is 265 g/mol. The summed E-state index contributed by atoms with van der Waals surface area (Å²) in [6.45, 7) is 2.02. The summed E-state index contributed by atoms with van der Waals surface area (Å²) < 4.78 is 0. The van der Waals surface area contributed by atoms with Gasteiger partial charge in [0.2, 0.25) is 0 Å². The number of aliphatic carboxylic acids is 1. The molecule has 1 aliphatic rings. The summed E-state index contributed by atoms with van der Waals surface area (Å²) in [5.74, 6) is -0.416. The van der Waals surface area contributed by atoms with Crippen LogP contribution in [0.25, 0.3) is 0 Å². The number of thioether (sulfide) groups is 1.